The second-order valence-electron chi connectivity index (χ2n) is 6.13. The van der Waals surface area contributed by atoms with Gasteiger partial charge in [0.05, 0.1) is 0 Å². The molecule has 1 aliphatic heterocycles. The highest BCUT2D eigenvalue weighted by atomic mass is 16.6. The standard InChI is InChI=1S/C17H27NO2/c1-13(2)7-6-8-14(3)18-11-15-12-19-16-9-4-5-10-17(16)20-15/h4-5,9-10,13-15,18H,6-8,11-12H2,1-3H3/t14-,15-/m0/s1. The number of para-hydroxylation sites is 2. The number of hydrogen-bond acceptors (Lipinski definition) is 3. The zero-order chi connectivity index (χ0) is 14.4. The molecule has 3 nitrogen and oxygen atoms in total. The molecule has 0 saturated heterocycles. The van der Waals surface area contributed by atoms with Crippen molar-refractivity contribution < 1.29 is 9.47 Å². The largest absolute Gasteiger partial charge is 0.486 e. The van der Waals surface area contributed by atoms with Crippen molar-refractivity contribution in [1.82, 2.24) is 5.32 Å². The molecule has 1 heterocycles. The first-order chi connectivity index (χ1) is 9.65. The molecular formula is C17H27NO2. The van der Waals surface area contributed by atoms with E-state index in [1.807, 2.05) is 24.3 Å². The highest BCUT2D eigenvalue weighted by molar-refractivity contribution is 5.40. The molecule has 1 aromatic rings. The van der Waals surface area contributed by atoms with Crippen LogP contribution in [0.1, 0.15) is 40.0 Å². The second-order valence-corrected chi connectivity index (χ2v) is 6.13. The second kappa shape index (κ2) is 7.53. The van der Waals surface area contributed by atoms with E-state index in [1.54, 1.807) is 0 Å². The van der Waals surface area contributed by atoms with Crippen molar-refractivity contribution >= 4 is 0 Å². The van der Waals surface area contributed by atoms with Crippen LogP contribution in [0.15, 0.2) is 24.3 Å². The molecule has 2 atom stereocenters. The van der Waals surface area contributed by atoms with Crippen molar-refractivity contribution in [2.24, 2.45) is 5.92 Å². The van der Waals surface area contributed by atoms with Crippen molar-refractivity contribution in [2.75, 3.05) is 13.2 Å². The van der Waals surface area contributed by atoms with Gasteiger partial charge >= 0.3 is 0 Å². The van der Waals surface area contributed by atoms with Gasteiger partial charge in [0.15, 0.2) is 11.5 Å². The van der Waals surface area contributed by atoms with Gasteiger partial charge < -0.3 is 14.8 Å². The van der Waals surface area contributed by atoms with E-state index in [9.17, 15) is 0 Å². The Labute approximate surface area is 122 Å². The molecule has 1 aliphatic rings. The van der Waals surface area contributed by atoms with Gasteiger partial charge in [0.25, 0.3) is 0 Å². The minimum atomic E-state index is 0.109. The Bertz CT molecular complexity index is 406. The van der Waals surface area contributed by atoms with Crippen LogP contribution in [0.2, 0.25) is 0 Å². The van der Waals surface area contributed by atoms with Crippen molar-refractivity contribution in [3.63, 3.8) is 0 Å². The van der Waals surface area contributed by atoms with Crippen LogP contribution in [0, 0.1) is 5.92 Å². The SMILES string of the molecule is CC(C)CCC[C@H](C)NC[C@H]1COc2ccccc2O1. The number of ether oxygens (including phenoxy) is 2. The fourth-order valence-electron chi connectivity index (χ4n) is 2.43. The molecule has 0 saturated carbocycles. The third kappa shape index (κ3) is 4.71. The maximum atomic E-state index is 5.94. The summed E-state index contributed by atoms with van der Waals surface area (Å²) in [5.74, 6) is 2.51. The summed E-state index contributed by atoms with van der Waals surface area (Å²) >= 11 is 0. The van der Waals surface area contributed by atoms with Crippen molar-refractivity contribution in [3.8, 4) is 11.5 Å². The Morgan fingerprint density at radius 1 is 1.15 bits per heavy atom. The molecule has 1 aromatic carbocycles. The lowest BCUT2D eigenvalue weighted by molar-refractivity contribution is 0.0882. The summed E-state index contributed by atoms with van der Waals surface area (Å²) < 4.78 is 11.7. The van der Waals surface area contributed by atoms with E-state index >= 15 is 0 Å². The van der Waals surface area contributed by atoms with Crippen LogP contribution in [0.4, 0.5) is 0 Å². The van der Waals surface area contributed by atoms with Crippen molar-refractivity contribution in [3.05, 3.63) is 24.3 Å². The Morgan fingerprint density at radius 3 is 2.65 bits per heavy atom. The zero-order valence-electron chi connectivity index (χ0n) is 12.9. The number of hydrogen-bond donors (Lipinski definition) is 1. The predicted octanol–water partition coefficient (Wildman–Crippen LogP) is 3.63. The molecule has 0 aromatic heterocycles. The average molecular weight is 277 g/mol. The Kier molecular flexibility index (Phi) is 5.72. The molecule has 3 heteroatoms. The Morgan fingerprint density at radius 2 is 1.90 bits per heavy atom. The minimum absolute atomic E-state index is 0.109. The third-order valence-electron chi connectivity index (χ3n) is 3.68. The lowest BCUT2D eigenvalue weighted by atomic mass is 10.0. The maximum absolute atomic E-state index is 5.94. The van der Waals surface area contributed by atoms with E-state index in [2.05, 4.69) is 26.1 Å². The fraction of sp³-hybridized carbons (Fsp3) is 0.647. The van der Waals surface area contributed by atoms with Gasteiger partial charge in [-0.1, -0.05) is 38.8 Å². The molecule has 20 heavy (non-hydrogen) atoms. The number of benzene rings is 1. The minimum Gasteiger partial charge on any atom is -0.486 e. The molecule has 2 rings (SSSR count). The van der Waals surface area contributed by atoms with Crippen LogP contribution in [0.3, 0.4) is 0 Å². The summed E-state index contributed by atoms with van der Waals surface area (Å²) in [5, 5.41) is 3.55. The van der Waals surface area contributed by atoms with Crippen LogP contribution in [-0.2, 0) is 0 Å². The highest BCUT2D eigenvalue weighted by Crippen LogP contribution is 2.30. The Hall–Kier alpha value is -1.22. The van der Waals surface area contributed by atoms with E-state index in [4.69, 9.17) is 9.47 Å². The third-order valence-corrected chi connectivity index (χ3v) is 3.68. The van der Waals surface area contributed by atoms with Gasteiger partial charge in [-0.2, -0.15) is 0 Å². The summed E-state index contributed by atoms with van der Waals surface area (Å²) in [6, 6.07) is 8.40. The van der Waals surface area contributed by atoms with Crippen molar-refractivity contribution in [2.45, 2.75) is 52.2 Å². The van der Waals surface area contributed by atoms with Gasteiger partial charge in [-0.25, -0.2) is 0 Å². The van der Waals surface area contributed by atoms with Gasteiger partial charge in [-0.05, 0) is 31.4 Å². The molecule has 0 amide bonds. The number of rotatable bonds is 7. The van der Waals surface area contributed by atoms with E-state index < -0.39 is 0 Å². The molecule has 0 unspecified atom stereocenters. The van der Waals surface area contributed by atoms with Gasteiger partial charge in [0.1, 0.15) is 12.7 Å². The van der Waals surface area contributed by atoms with Crippen LogP contribution in [0.5, 0.6) is 11.5 Å². The highest BCUT2D eigenvalue weighted by Gasteiger charge is 2.20. The van der Waals surface area contributed by atoms with Crippen molar-refractivity contribution in [1.29, 1.82) is 0 Å². The summed E-state index contributed by atoms with van der Waals surface area (Å²) in [6.07, 6.45) is 3.93. The first-order valence-corrected chi connectivity index (χ1v) is 7.77. The molecule has 0 fully saturated rings. The van der Waals surface area contributed by atoms with E-state index in [0.717, 1.165) is 24.0 Å². The van der Waals surface area contributed by atoms with Crippen LogP contribution < -0.4 is 14.8 Å². The van der Waals surface area contributed by atoms with Gasteiger partial charge in [-0.3, -0.25) is 0 Å². The van der Waals surface area contributed by atoms with Crippen LogP contribution in [0.25, 0.3) is 0 Å². The monoisotopic (exact) mass is 277 g/mol. The summed E-state index contributed by atoms with van der Waals surface area (Å²) in [6.45, 7) is 8.28. The lowest BCUT2D eigenvalue weighted by Gasteiger charge is -2.27. The van der Waals surface area contributed by atoms with E-state index in [1.165, 1.54) is 19.3 Å². The lowest BCUT2D eigenvalue weighted by Crippen LogP contribution is -2.41. The number of fused-ring (bicyclic) bond motifs is 1. The quantitative estimate of drug-likeness (QED) is 0.825. The predicted molar refractivity (Wildman–Crippen MR) is 82.5 cm³/mol. The molecule has 0 bridgehead atoms. The van der Waals surface area contributed by atoms with Gasteiger partial charge in [-0.15, -0.1) is 0 Å². The first kappa shape index (κ1) is 15.2. The molecule has 0 radical (unpaired) electrons. The van der Waals surface area contributed by atoms with E-state index in [0.29, 0.717) is 12.6 Å². The smallest absolute Gasteiger partial charge is 0.161 e. The summed E-state index contributed by atoms with van der Waals surface area (Å²) in [4.78, 5) is 0. The summed E-state index contributed by atoms with van der Waals surface area (Å²) in [5.41, 5.74) is 0. The molecule has 0 spiro atoms. The fourth-order valence-corrected chi connectivity index (χ4v) is 2.43. The molecule has 1 N–H and O–H groups in total. The molecule has 112 valence electrons. The first-order valence-electron chi connectivity index (χ1n) is 7.77. The topological polar surface area (TPSA) is 30.5 Å². The molecular weight excluding hydrogens is 250 g/mol. The number of nitrogens with one attached hydrogen (secondary N) is 1. The molecule has 0 aliphatic carbocycles. The average Bonchev–Trinajstić information content (AvgIpc) is 2.44. The maximum Gasteiger partial charge on any atom is 0.161 e. The van der Waals surface area contributed by atoms with Gasteiger partial charge in [0, 0.05) is 12.6 Å². The van der Waals surface area contributed by atoms with Crippen LogP contribution >= 0.6 is 0 Å². The summed E-state index contributed by atoms with van der Waals surface area (Å²) in [7, 11) is 0. The Balaban J connectivity index is 1.68. The zero-order valence-corrected chi connectivity index (χ0v) is 12.9. The van der Waals surface area contributed by atoms with Crippen LogP contribution in [-0.4, -0.2) is 25.3 Å². The normalized spacial score (nSPS) is 19.1. The van der Waals surface area contributed by atoms with Gasteiger partial charge in [0.2, 0.25) is 0 Å². The van der Waals surface area contributed by atoms with E-state index in [-0.39, 0.29) is 6.10 Å².